The van der Waals surface area contributed by atoms with E-state index in [1.807, 2.05) is 0 Å². The zero-order valence-corrected chi connectivity index (χ0v) is 11.9. The average molecular weight is 287 g/mol. The summed E-state index contributed by atoms with van der Waals surface area (Å²) in [5.41, 5.74) is 1.33. The van der Waals surface area contributed by atoms with Crippen LogP contribution in [0, 0.1) is 0 Å². The number of phenolic OH excluding ortho intramolecular Hbond substituents is 1. The summed E-state index contributed by atoms with van der Waals surface area (Å²) in [6, 6.07) is 9.38. The zero-order valence-electron chi connectivity index (χ0n) is 11.9. The number of ketones is 1. The number of benzene rings is 1. The molecule has 0 aliphatic carbocycles. The van der Waals surface area contributed by atoms with Gasteiger partial charge in [-0.25, -0.2) is 4.79 Å². The van der Waals surface area contributed by atoms with Crippen molar-refractivity contribution in [2.24, 2.45) is 0 Å². The van der Waals surface area contributed by atoms with Gasteiger partial charge in [0, 0.05) is 19.5 Å². The van der Waals surface area contributed by atoms with E-state index in [4.69, 9.17) is 4.74 Å². The fourth-order valence-electron chi connectivity index (χ4n) is 2.25. The van der Waals surface area contributed by atoms with E-state index < -0.39 is 12.0 Å². The predicted octanol–water partition coefficient (Wildman–Crippen LogP) is 2.35. The van der Waals surface area contributed by atoms with Crippen LogP contribution in [0.2, 0.25) is 0 Å². The minimum absolute atomic E-state index is 0.111. The fraction of sp³-hybridized carbons (Fsp3) is 0.250. The van der Waals surface area contributed by atoms with E-state index >= 15 is 0 Å². The number of Topliss-reactive ketones (excluding diaryl/α,β-unsaturated/α-hetero) is 1. The molecule has 0 saturated carbocycles. The van der Waals surface area contributed by atoms with Crippen molar-refractivity contribution in [2.75, 3.05) is 7.11 Å². The first-order valence-corrected chi connectivity index (χ1v) is 6.56. The van der Waals surface area contributed by atoms with Crippen molar-refractivity contribution < 1.29 is 19.4 Å². The Kier molecular flexibility index (Phi) is 4.42. The van der Waals surface area contributed by atoms with E-state index in [0.29, 0.717) is 12.1 Å². The number of hydrogen-bond acceptors (Lipinski definition) is 4. The maximum Gasteiger partial charge on any atom is 0.329 e. The molecule has 1 heterocycles. The summed E-state index contributed by atoms with van der Waals surface area (Å²) in [4.78, 5) is 23.7. The molecule has 0 spiro atoms. The van der Waals surface area contributed by atoms with Crippen LogP contribution in [0.5, 0.6) is 5.75 Å². The molecule has 0 aliphatic rings. The Morgan fingerprint density at radius 2 is 1.90 bits per heavy atom. The third-order valence-corrected chi connectivity index (χ3v) is 3.31. The molecule has 0 amide bonds. The normalized spacial score (nSPS) is 11.9. The van der Waals surface area contributed by atoms with E-state index in [1.54, 1.807) is 47.2 Å². The molecule has 0 bridgehead atoms. The van der Waals surface area contributed by atoms with Crippen LogP contribution in [-0.4, -0.2) is 28.5 Å². The van der Waals surface area contributed by atoms with Crippen molar-refractivity contribution >= 4 is 11.8 Å². The molecule has 110 valence electrons. The molecule has 21 heavy (non-hydrogen) atoms. The second-order valence-corrected chi connectivity index (χ2v) is 4.77. The van der Waals surface area contributed by atoms with Gasteiger partial charge in [-0.15, -0.1) is 0 Å². The summed E-state index contributed by atoms with van der Waals surface area (Å²) in [6.07, 6.45) is 2.07. The number of esters is 1. The highest BCUT2D eigenvalue weighted by Crippen LogP contribution is 2.21. The Balaban J connectivity index is 2.34. The standard InChI is InChI=1S/C16H17NO4/c1-11(18)14-4-3-9-17(14)15(16(20)21-2)10-12-5-7-13(19)8-6-12/h3-9,15,19H,10H2,1-2H3. The molecule has 1 aromatic carbocycles. The van der Waals surface area contributed by atoms with Crippen molar-refractivity contribution in [3.63, 3.8) is 0 Å². The first kappa shape index (κ1) is 14.8. The van der Waals surface area contributed by atoms with E-state index in [2.05, 4.69) is 0 Å². The van der Waals surface area contributed by atoms with Gasteiger partial charge in [-0.2, -0.15) is 0 Å². The highest BCUT2D eigenvalue weighted by Gasteiger charge is 2.24. The molecular formula is C16H17NO4. The van der Waals surface area contributed by atoms with Gasteiger partial charge in [0.1, 0.15) is 11.8 Å². The van der Waals surface area contributed by atoms with E-state index in [1.165, 1.54) is 14.0 Å². The monoisotopic (exact) mass is 287 g/mol. The predicted molar refractivity (Wildman–Crippen MR) is 77.3 cm³/mol. The van der Waals surface area contributed by atoms with Crippen molar-refractivity contribution in [3.05, 3.63) is 53.9 Å². The van der Waals surface area contributed by atoms with Gasteiger partial charge in [-0.1, -0.05) is 12.1 Å². The Hall–Kier alpha value is -2.56. The minimum Gasteiger partial charge on any atom is -0.508 e. The molecule has 1 atom stereocenters. The van der Waals surface area contributed by atoms with Gasteiger partial charge in [0.25, 0.3) is 0 Å². The highest BCUT2D eigenvalue weighted by molar-refractivity contribution is 5.93. The SMILES string of the molecule is COC(=O)C(Cc1ccc(O)cc1)n1cccc1C(C)=O. The number of phenols is 1. The molecule has 2 rings (SSSR count). The smallest absolute Gasteiger partial charge is 0.329 e. The lowest BCUT2D eigenvalue weighted by molar-refractivity contribution is -0.144. The number of rotatable bonds is 5. The van der Waals surface area contributed by atoms with Crippen LogP contribution in [0.1, 0.15) is 29.0 Å². The minimum atomic E-state index is -0.617. The molecule has 0 aliphatic heterocycles. The van der Waals surface area contributed by atoms with Crippen molar-refractivity contribution in [2.45, 2.75) is 19.4 Å². The number of aromatic hydroxyl groups is 1. The number of hydrogen-bond donors (Lipinski definition) is 1. The van der Waals surface area contributed by atoms with Gasteiger partial charge in [-0.05, 0) is 29.8 Å². The molecule has 0 saturated heterocycles. The van der Waals surface area contributed by atoms with Gasteiger partial charge in [0.15, 0.2) is 5.78 Å². The van der Waals surface area contributed by atoms with Crippen LogP contribution in [0.3, 0.4) is 0 Å². The Labute approximate surface area is 122 Å². The Bertz CT molecular complexity index is 643. The number of carbonyl (C=O) groups excluding carboxylic acids is 2. The van der Waals surface area contributed by atoms with Crippen LogP contribution in [0.25, 0.3) is 0 Å². The lowest BCUT2D eigenvalue weighted by atomic mass is 10.1. The first-order valence-electron chi connectivity index (χ1n) is 6.56. The summed E-state index contributed by atoms with van der Waals surface area (Å²) >= 11 is 0. The van der Waals surface area contributed by atoms with Gasteiger partial charge in [0.05, 0.1) is 12.8 Å². The van der Waals surface area contributed by atoms with Gasteiger partial charge < -0.3 is 14.4 Å². The molecular weight excluding hydrogens is 270 g/mol. The van der Waals surface area contributed by atoms with Crippen LogP contribution in [0.15, 0.2) is 42.6 Å². The number of ether oxygens (including phenoxy) is 1. The molecule has 1 aromatic heterocycles. The maximum atomic E-state index is 12.1. The topological polar surface area (TPSA) is 68.5 Å². The van der Waals surface area contributed by atoms with Crippen LogP contribution in [0.4, 0.5) is 0 Å². The first-order chi connectivity index (χ1) is 10.0. The summed E-state index contributed by atoms with van der Waals surface area (Å²) in [7, 11) is 1.32. The van der Waals surface area contributed by atoms with Gasteiger partial charge in [0.2, 0.25) is 0 Å². The van der Waals surface area contributed by atoms with E-state index in [-0.39, 0.29) is 11.5 Å². The third kappa shape index (κ3) is 3.31. The molecule has 0 fully saturated rings. The second-order valence-electron chi connectivity index (χ2n) is 4.77. The average Bonchev–Trinajstić information content (AvgIpc) is 2.95. The quantitative estimate of drug-likeness (QED) is 0.677. The summed E-state index contributed by atoms with van der Waals surface area (Å²) in [5.74, 6) is -0.361. The lowest BCUT2D eigenvalue weighted by Gasteiger charge is -2.19. The molecule has 1 N–H and O–H groups in total. The lowest BCUT2D eigenvalue weighted by Crippen LogP contribution is -2.25. The zero-order chi connectivity index (χ0) is 15.4. The van der Waals surface area contributed by atoms with Crippen LogP contribution < -0.4 is 0 Å². The van der Waals surface area contributed by atoms with E-state index in [9.17, 15) is 14.7 Å². The summed E-state index contributed by atoms with van der Waals surface area (Å²) in [5, 5.41) is 9.31. The summed E-state index contributed by atoms with van der Waals surface area (Å²) < 4.78 is 6.47. The molecule has 0 radical (unpaired) electrons. The van der Waals surface area contributed by atoms with Crippen LogP contribution >= 0.6 is 0 Å². The van der Waals surface area contributed by atoms with E-state index in [0.717, 1.165) is 5.56 Å². The molecule has 5 heteroatoms. The van der Waals surface area contributed by atoms with Crippen LogP contribution in [-0.2, 0) is 16.0 Å². The molecule has 5 nitrogen and oxygen atoms in total. The Morgan fingerprint density at radius 1 is 1.24 bits per heavy atom. The number of aromatic nitrogens is 1. The van der Waals surface area contributed by atoms with Crippen molar-refractivity contribution in [3.8, 4) is 5.75 Å². The highest BCUT2D eigenvalue weighted by atomic mass is 16.5. The fourth-order valence-corrected chi connectivity index (χ4v) is 2.25. The number of methoxy groups -OCH3 is 1. The van der Waals surface area contributed by atoms with Gasteiger partial charge >= 0.3 is 5.97 Å². The van der Waals surface area contributed by atoms with Crippen molar-refractivity contribution in [1.82, 2.24) is 4.57 Å². The molecule has 2 aromatic rings. The number of carbonyl (C=O) groups is 2. The van der Waals surface area contributed by atoms with Gasteiger partial charge in [-0.3, -0.25) is 4.79 Å². The Morgan fingerprint density at radius 3 is 2.48 bits per heavy atom. The largest absolute Gasteiger partial charge is 0.508 e. The second kappa shape index (κ2) is 6.26. The molecule has 1 unspecified atom stereocenters. The summed E-state index contributed by atoms with van der Waals surface area (Å²) in [6.45, 7) is 1.46. The van der Waals surface area contributed by atoms with Crippen molar-refractivity contribution in [1.29, 1.82) is 0 Å². The maximum absolute atomic E-state index is 12.1. The third-order valence-electron chi connectivity index (χ3n) is 3.31. The number of nitrogens with zero attached hydrogens (tertiary/aromatic N) is 1.